The third-order valence-corrected chi connectivity index (χ3v) is 9.07. The van der Waals surface area contributed by atoms with Crippen LogP contribution in [0.2, 0.25) is 0 Å². The zero-order valence-electron chi connectivity index (χ0n) is 20.8. The van der Waals surface area contributed by atoms with Crippen molar-refractivity contribution in [1.29, 1.82) is 0 Å². The van der Waals surface area contributed by atoms with Gasteiger partial charge in [0, 0.05) is 30.8 Å². The number of sulfonamides is 1. The molecule has 0 radical (unpaired) electrons. The lowest BCUT2D eigenvalue weighted by Gasteiger charge is -2.18. The van der Waals surface area contributed by atoms with Crippen molar-refractivity contribution in [2.45, 2.75) is 37.6 Å². The van der Waals surface area contributed by atoms with E-state index in [1.54, 1.807) is 16.4 Å². The monoisotopic (exact) mass is 514 g/mol. The van der Waals surface area contributed by atoms with Gasteiger partial charge in [-0.25, -0.2) is 8.42 Å². The fraction of sp³-hybridized carbons (Fsp3) is 0.233. The summed E-state index contributed by atoms with van der Waals surface area (Å²) >= 11 is 0. The maximum atomic E-state index is 13.6. The van der Waals surface area contributed by atoms with Crippen LogP contribution in [0.4, 0.5) is 0 Å². The highest BCUT2D eigenvalue weighted by Gasteiger charge is 2.30. The molecule has 5 rings (SSSR count). The Morgan fingerprint density at radius 3 is 2.03 bits per heavy atom. The fourth-order valence-electron chi connectivity index (χ4n) is 5.31. The molecule has 1 aromatic heterocycles. The molecule has 0 saturated carbocycles. The number of aromatic nitrogens is 1. The fourth-order valence-corrected chi connectivity index (χ4v) is 7.05. The molecule has 1 saturated heterocycles. The van der Waals surface area contributed by atoms with E-state index in [9.17, 15) is 18.3 Å². The topological polar surface area (TPSA) is 79.6 Å². The van der Waals surface area contributed by atoms with Gasteiger partial charge in [-0.1, -0.05) is 78.9 Å². The standard InChI is InChI=1S/C30H30N2O4S/c1-22-26(20-25-16-8-9-17-27(25)37(35,36)31-18-10-11-19-31)29(23-12-4-2-5-13-23)30(32(22)21-28(33)34)24-14-6-3-7-15-24/h2-9,12-17H,10-11,18-21H2,1H3,(H,33,34). The van der Waals surface area contributed by atoms with E-state index < -0.39 is 16.0 Å². The summed E-state index contributed by atoms with van der Waals surface area (Å²) in [6.07, 6.45) is 2.11. The average molecular weight is 515 g/mol. The summed E-state index contributed by atoms with van der Waals surface area (Å²) in [7, 11) is -3.62. The minimum atomic E-state index is -3.62. The Kier molecular flexibility index (Phi) is 7.00. The molecular formula is C30H30N2O4S. The quantitative estimate of drug-likeness (QED) is 0.332. The number of aliphatic carboxylic acids is 1. The van der Waals surface area contributed by atoms with Crippen LogP contribution in [0, 0.1) is 6.92 Å². The molecule has 1 N–H and O–H groups in total. The molecule has 0 unspecified atom stereocenters. The van der Waals surface area contributed by atoms with E-state index in [1.807, 2.05) is 84.3 Å². The normalized spacial score (nSPS) is 14.2. The first-order chi connectivity index (χ1) is 17.9. The number of carboxylic acid groups (broad SMARTS) is 1. The molecule has 1 aliphatic heterocycles. The SMILES string of the molecule is Cc1c(Cc2ccccc2S(=O)(=O)N2CCCC2)c(-c2ccccc2)c(-c2ccccc2)n1CC(=O)O. The van der Waals surface area contributed by atoms with Crippen molar-refractivity contribution in [1.82, 2.24) is 8.87 Å². The van der Waals surface area contributed by atoms with Crippen LogP contribution in [-0.2, 0) is 27.8 Å². The average Bonchev–Trinajstić information content (AvgIpc) is 3.54. The summed E-state index contributed by atoms with van der Waals surface area (Å²) in [5.74, 6) is -0.932. The number of hydrogen-bond acceptors (Lipinski definition) is 3. The van der Waals surface area contributed by atoms with Crippen LogP contribution < -0.4 is 0 Å². The number of benzene rings is 3. The summed E-state index contributed by atoms with van der Waals surface area (Å²) in [5, 5.41) is 9.79. The van der Waals surface area contributed by atoms with Gasteiger partial charge in [0.15, 0.2) is 0 Å². The number of rotatable bonds is 8. The second-order valence-corrected chi connectivity index (χ2v) is 11.3. The Bertz CT molecular complexity index is 1520. The van der Waals surface area contributed by atoms with Crippen LogP contribution >= 0.6 is 0 Å². The van der Waals surface area contributed by atoms with Crippen molar-refractivity contribution in [3.63, 3.8) is 0 Å². The van der Waals surface area contributed by atoms with Crippen molar-refractivity contribution in [3.8, 4) is 22.4 Å². The van der Waals surface area contributed by atoms with Gasteiger partial charge in [0.05, 0.1) is 10.6 Å². The van der Waals surface area contributed by atoms with Gasteiger partial charge in [-0.2, -0.15) is 4.31 Å². The molecule has 2 heterocycles. The van der Waals surface area contributed by atoms with Crippen LogP contribution in [0.25, 0.3) is 22.4 Å². The number of nitrogens with zero attached hydrogens (tertiary/aromatic N) is 2. The van der Waals surface area contributed by atoms with Crippen molar-refractivity contribution >= 4 is 16.0 Å². The second-order valence-electron chi connectivity index (χ2n) is 9.40. The minimum absolute atomic E-state index is 0.191. The summed E-state index contributed by atoms with van der Waals surface area (Å²) in [6, 6.07) is 26.9. The van der Waals surface area contributed by atoms with Crippen LogP contribution in [0.15, 0.2) is 89.8 Å². The largest absolute Gasteiger partial charge is 0.480 e. The van der Waals surface area contributed by atoms with Crippen LogP contribution in [-0.4, -0.2) is 41.5 Å². The molecular weight excluding hydrogens is 484 g/mol. The molecule has 0 amide bonds. The van der Waals surface area contributed by atoms with Gasteiger partial charge >= 0.3 is 5.97 Å². The van der Waals surface area contributed by atoms with Crippen LogP contribution in [0.5, 0.6) is 0 Å². The maximum Gasteiger partial charge on any atom is 0.323 e. The van der Waals surface area contributed by atoms with E-state index in [0.29, 0.717) is 30.0 Å². The number of hydrogen-bond donors (Lipinski definition) is 1. The van der Waals surface area contributed by atoms with E-state index in [2.05, 4.69) is 0 Å². The number of carbonyl (C=O) groups is 1. The lowest BCUT2D eigenvalue weighted by Crippen LogP contribution is -2.28. The first kappa shape index (κ1) is 25.0. The molecule has 1 aliphatic rings. The Balaban J connectivity index is 1.74. The zero-order chi connectivity index (χ0) is 26.0. The molecule has 190 valence electrons. The Morgan fingerprint density at radius 2 is 1.41 bits per heavy atom. The highest BCUT2D eigenvalue weighted by molar-refractivity contribution is 7.89. The zero-order valence-corrected chi connectivity index (χ0v) is 21.6. The summed E-state index contributed by atoms with van der Waals surface area (Å²) in [5.41, 5.74) is 6.07. The molecule has 1 fully saturated rings. The highest BCUT2D eigenvalue weighted by atomic mass is 32.2. The lowest BCUT2D eigenvalue weighted by atomic mass is 9.93. The van der Waals surface area contributed by atoms with Crippen molar-refractivity contribution < 1.29 is 18.3 Å². The van der Waals surface area contributed by atoms with Gasteiger partial charge in [0.1, 0.15) is 6.54 Å². The van der Waals surface area contributed by atoms with Gasteiger partial charge in [0.25, 0.3) is 0 Å². The van der Waals surface area contributed by atoms with E-state index in [-0.39, 0.29) is 6.54 Å². The van der Waals surface area contributed by atoms with Gasteiger partial charge in [0.2, 0.25) is 10.0 Å². The molecule has 0 aliphatic carbocycles. The van der Waals surface area contributed by atoms with Gasteiger partial charge in [-0.3, -0.25) is 4.79 Å². The minimum Gasteiger partial charge on any atom is -0.480 e. The third kappa shape index (κ3) is 4.84. The van der Waals surface area contributed by atoms with Crippen LogP contribution in [0.1, 0.15) is 29.7 Å². The van der Waals surface area contributed by atoms with E-state index in [4.69, 9.17) is 0 Å². The Labute approximate surface area is 217 Å². The molecule has 4 aromatic rings. The van der Waals surface area contributed by atoms with E-state index >= 15 is 0 Å². The molecule has 0 bridgehead atoms. The summed E-state index contributed by atoms with van der Waals surface area (Å²) in [6.45, 7) is 2.81. The molecule has 3 aromatic carbocycles. The van der Waals surface area contributed by atoms with Gasteiger partial charge < -0.3 is 9.67 Å². The molecule has 6 nitrogen and oxygen atoms in total. The molecule has 0 spiro atoms. The molecule has 7 heteroatoms. The van der Waals surface area contributed by atoms with E-state index in [1.165, 1.54) is 0 Å². The van der Waals surface area contributed by atoms with E-state index in [0.717, 1.165) is 46.5 Å². The van der Waals surface area contributed by atoms with Crippen LogP contribution in [0.3, 0.4) is 0 Å². The number of carboxylic acids is 1. The smallest absolute Gasteiger partial charge is 0.323 e. The van der Waals surface area contributed by atoms with Gasteiger partial charge in [-0.15, -0.1) is 0 Å². The van der Waals surface area contributed by atoms with Gasteiger partial charge in [-0.05, 0) is 48.1 Å². The predicted molar refractivity (Wildman–Crippen MR) is 145 cm³/mol. The Morgan fingerprint density at radius 1 is 0.838 bits per heavy atom. The summed E-state index contributed by atoms with van der Waals surface area (Å²) in [4.78, 5) is 12.3. The van der Waals surface area contributed by atoms with Crippen molar-refractivity contribution in [2.24, 2.45) is 0 Å². The second kappa shape index (κ2) is 10.4. The Hall–Kier alpha value is -3.68. The predicted octanol–water partition coefficient (Wildman–Crippen LogP) is 5.59. The van der Waals surface area contributed by atoms with Crippen molar-refractivity contribution in [3.05, 3.63) is 102 Å². The molecule has 37 heavy (non-hydrogen) atoms. The first-order valence-corrected chi connectivity index (χ1v) is 13.9. The maximum absolute atomic E-state index is 13.6. The molecule has 0 atom stereocenters. The van der Waals surface area contributed by atoms with Crippen molar-refractivity contribution in [2.75, 3.05) is 13.1 Å². The summed E-state index contributed by atoms with van der Waals surface area (Å²) < 4.78 is 30.5. The first-order valence-electron chi connectivity index (χ1n) is 12.5. The third-order valence-electron chi connectivity index (χ3n) is 7.08. The highest BCUT2D eigenvalue weighted by Crippen LogP contribution is 2.41. The lowest BCUT2D eigenvalue weighted by molar-refractivity contribution is -0.137.